The van der Waals surface area contributed by atoms with Crippen LogP contribution >= 0.6 is 11.6 Å². The first-order valence-electron chi connectivity index (χ1n) is 14.4. The number of hydrogen-bond donors (Lipinski definition) is 1. The minimum absolute atomic E-state index is 0.150. The summed E-state index contributed by atoms with van der Waals surface area (Å²) in [6, 6.07) is 14.1. The number of hydrogen-bond acceptors (Lipinski definition) is 4. The Balaban J connectivity index is 1.38. The number of anilines is 1. The maximum atomic E-state index is 13.7. The summed E-state index contributed by atoms with van der Waals surface area (Å²) >= 11 is 6.03. The molecular weight excluding hydrogens is 546 g/mol. The number of carbonyl (C=O) groups is 2. The van der Waals surface area contributed by atoms with Crippen molar-refractivity contribution in [1.82, 2.24) is 10.2 Å². The fraction of sp³-hybridized carbons (Fsp3) is 0.548. The second-order valence-corrected chi connectivity index (χ2v) is 14.6. The lowest BCUT2D eigenvalue weighted by molar-refractivity contribution is -0.139. The summed E-state index contributed by atoms with van der Waals surface area (Å²) < 4.78 is 27.1. The molecule has 4 aliphatic carbocycles. The quantitative estimate of drug-likeness (QED) is 0.419. The van der Waals surface area contributed by atoms with Crippen LogP contribution in [-0.2, 0) is 31.6 Å². The Hall–Kier alpha value is -2.58. The van der Waals surface area contributed by atoms with Crippen LogP contribution in [0.5, 0.6) is 0 Å². The van der Waals surface area contributed by atoms with Gasteiger partial charge in [0.2, 0.25) is 21.8 Å². The Labute approximate surface area is 243 Å². The van der Waals surface area contributed by atoms with E-state index in [4.69, 9.17) is 11.6 Å². The van der Waals surface area contributed by atoms with E-state index in [0.717, 1.165) is 33.9 Å². The van der Waals surface area contributed by atoms with Gasteiger partial charge in [0, 0.05) is 18.1 Å². The standard InChI is InChI=1S/C31H40ClN3O4S/c1-4-33-30(37)21(2)34(19-22-5-9-27(32)10-6-22)29(36)20-35(40(3,38)39)28-11-7-26(8-12-28)31-16-23-13-24(17-31)15-25(14-23)18-31/h5-12,21,23-25H,4,13-20H2,1-3H3,(H,33,37)/t21-,23?,24?,25?,31?/m1/s1. The Morgan fingerprint density at radius 2 is 1.52 bits per heavy atom. The van der Waals surface area contributed by atoms with Crippen LogP contribution in [0, 0.1) is 17.8 Å². The van der Waals surface area contributed by atoms with Gasteiger partial charge in [-0.1, -0.05) is 35.9 Å². The highest BCUT2D eigenvalue weighted by Crippen LogP contribution is 2.60. The van der Waals surface area contributed by atoms with E-state index < -0.39 is 28.5 Å². The number of likely N-dealkylation sites (N-methyl/N-ethyl adjacent to an activating group) is 1. The molecule has 4 bridgehead atoms. The summed E-state index contributed by atoms with van der Waals surface area (Å²) in [6.45, 7) is 3.65. The van der Waals surface area contributed by atoms with Crippen molar-refractivity contribution in [2.75, 3.05) is 23.7 Å². The maximum absolute atomic E-state index is 13.7. The first-order chi connectivity index (χ1) is 19.0. The minimum atomic E-state index is -3.77. The topological polar surface area (TPSA) is 86.8 Å². The van der Waals surface area contributed by atoms with Gasteiger partial charge in [-0.3, -0.25) is 13.9 Å². The van der Waals surface area contributed by atoms with Crippen LogP contribution in [0.2, 0.25) is 5.02 Å². The van der Waals surface area contributed by atoms with Crippen molar-refractivity contribution in [2.45, 2.75) is 70.4 Å². The van der Waals surface area contributed by atoms with Crippen LogP contribution in [0.1, 0.15) is 63.5 Å². The molecular formula is C31H40ClN3O4S. The number of halogens is 1. The lowest BCUT2D eigenvalue weighted by Crippen LogP contribution is -2.51. The number of sulfonamides is 1. The van der Waals surface area contributed by atoms with Crippen molar-refractivity contribution in [2.24, 2.45) is 17.8 Å². The van der Waals surface area contributed by atoms with Crippen molar-refractivity contribution in [3.8, 4) is 0 Å². The predicted molar refractivity (Wildman–Crippen MR) is 159 cm³/mol. The van der Waals surface area contributed by atoms with E-state index in [9.17, 15) is 18.0 Å². The zero-order valence-electron chi connectivity index (χ0n) is 23.6. The average molecular weight is 586 g/mol. The number of carbonyl (C=O) groups excluding carboxylic acids is 2. The molecule has 4 fully saturated rings. The van der Waals surface area contributed by atoms with Gasteiger partial charge in [0.1, 0.15) is 12.6 Å². The molecule has 216 valence electrons. The van der Waals surface area contributed by atoms with Crippen LogP contribution < -0.4 is 9.62 Å². The molecule has 0 aliphatic heterocycles. The van der Waals surface area contributed by atoms with Crippen LogP contribution in [0.3, 0.4) is 0 Å². The summed E-state index contributed by atoms with van der Waals surface area (Å²) in [6.07, 6.45) is 8.88. The fourth-order valence-corrected chi connectivity index (χ4v) is 8.73. The van der Waals surface area contributed by atoms with Gasteiger partial charge < -0.3 is 10.2 Å². The summed E-state index contributed by atoms with van der Waals surface area (Å²) in [5, 5.41) is 3.33. The molecule has 2 aromatic rings. The molecule has 4 saturated carbocycles. The Morgan fingerprint density at radius 1 is 0.975 bits per heavy atom. The van der Waals surface area contributed by atoms with E-state index in [1.54, 1.807) is 31.2 Å². The van der Waals surface area contributed by atoms with E-state index in [-0.39, 0.29) is 17.9 Å². The van der Waals surface area contributed by atoms with Gasteiger partial charge >= 0.3 is 0 Å². The second-order valence-electron chi connectivity index (χ2n) is 12.2. The molecule has 1 N–H and O–H groups in total. The van der Waals surface area contributed by atoms with Crippen LogP contribution in [-0.4, -0.2) is 50.5 Å². The normalized spacial score (nSPS) is 25.9. The van der Waals surface area contributed by atoms with Crippen molar-refractivity contribution in [3.05, 3.63) is 64.7 Å². The first-order valence-corrected chi connectivity index (χ1v) is 16.6. The Morgan fingerprint density at radius 3 is 2.02 bits per heavy atom. The predicted octanol–water partition coefficient (Wildman–Crippen LogP) is 5.13. The monoisotopic (exact) mass is 585 g/mol. The largest absolute Gasteiger partial charge is 0.355 e. The average Bonchev–Trinajstić information content (AvgIpc) is 2.90. The minimum Gasteiger partial charge on any atom is -0.355 e. The van der Waals surface area contributed by atoms with Crippen LogP contribution in [0.15, 0.2) is 48.5 Å². The Bertz CT molecular complexity index is 1310. The van der Waals surface area contributed by atoms with Gasteiger partial charge in [0.05, 0.1) is 11.9 Å². The summed E-state index contributed by atoms with van der Waals surface area (Å²) in [4.78, 5) is 27.9. The first kappa shape index (κ1) is 28.9. The molecule has 6 rings (SSSR count). The molecule has 2 amide bonds. The van der Waals surface area contributed by atoms with Gasteiger partial charge in [0.25, 0.3) is 0 Å². The molecule has 0 saturated heterocycles. The van der Waals surface area contributed by atoms with E-state index in [1.807, 2.05) is 19.1 Å². The number of rotatable bonds is 10. The molecule has 9 heteroatoms. The third-order valence-corrected chi connectivity index (χ3v) is 10.7. The molecule has 7 nitrogen and oxygen atoms in total. The zero-order chi connectivity index (χ0) is 28.7. The SMILES string of the molecule is CCNC(=O)[C@@H](C)N(Cc1ccc(Cl)cc1)C(=O)CN(c1ccc(C23CC4CC(CC(C4)C2)C3)cc1)S(C)(=O)=O. The second kappa shape index (κ2) is 11.4. The number of amides is 2. The highest BCUT2D eigenvalue weighted by molar-refractivity contribution is 7.92. The van der Waals surface area contributed by atoms with Gasteiger partial charge in [-0.25, -0.2) is 8.42 Å². The number of nitrogens with one attached hydrogen (secondary N) is 1. The molecule has 40 heavy (non-hydrogen) atoms. The van der Waals surface area contributed by atoms with Gasteiger partial charge in [-0.15, -0.1) is 0 Å². The summed E-state index contributed by atoms with van der Waals surface area (Å²) in [7, 11) is -3.77. The molecule has 0 spiro atoms. The summed E-state index contributed by atoms with van der Waals surface area (Å²) in [5.74, 6) is 1.69. The maximum Gasteiger partial charge on any atom is 0.244 e. The van der Waals surface area contributed by atoms with Gasteiger partial charge in [-0.05, 0) is 111 Å². The van der Waals surface area contributed by atoms with Crippen LogP contribution in [0.25, 0.3) is 0 Å². The van der Waals surface area contributed by atoms with Crippen LogP contribution in [0.4, 0.5) is 5.69 Å². The van der Waals surface area contributed by atoms with E-state index in [0.29, 0.717) is 17.3 Å². The van der Waals surface area contributed by atoms with Gasteiger partial charge in [-0.2, -0.15) is 0 Å². The lowest BCUT2D eigenvalue weighted by Gasteiger charge is -2.57. The smallest absolute Gasteiger partial charge is 0.244 e. The molecule has 0 aromatic heterocycles. The third kappa shape index (κ3) is 6.03. The van der Waals surface area contributed by atoms with E-state index in [1.165, 1.54) is 49.0 Å². The number of benzene rings is 2. The molecule has 0 unspecified atom stereocenters. The van der Waals surface area contributed by atoms with E-state index in [2.05, 4.69) is 17.4 Å². The van der Waals surface area contributed by atoms with Crippen molar-refractivity contribution >= 4 is 39.1 Å². The number of nitrogens with zero attached hydrogens (tertiary/aromatic N) is 2. The van der Waals surface area contributed by atoms with E-state index >= 15 is 0 Å². The van der Waals surface area contributed by atoms with Crippen molar-refractivity contribution in [1.29, 1.82) is 0 Å². The van der Waals surface area contributed by atoms with Crippen molar-refractivity contribution in [3.63, 3.8) is 0 Å². The highest BCUT2D eigenvalue weighted by atomic mass is 35.5. The molecule has 0 heterocycles. The molecule has 4 aliphatic rings. The Kier molecular flexibility index (Phi) is 8.22. The highest BCUT2D eigenvalue weighted by Gasteiger charge is 2.51. The molecule has 1 atom stereocenters. The third-order valence-electron chi connectivity index (χ3n) is 9.27. The zero-order valence-corrected chi connectivity index (χ0v) is 25.2. The lowest BCUT2D eigenvalue weighted by atomic mass is 9.48. The fourth-order valence-electron chi connectivity index (χ4n) is 7.75. The van der Waals surface area contributed by atoms with Gasteiger partial charge in [0.15, 0.2) is 0 Å². The molecule has 0 radical (unpaired) electrons. The molecule has 2 aromatic carbocycles. The summed E-state index contributed by atoms with van der Waals surface area (Å²) in [5.41, 5.74) is 2.75. The van der Waals surface area contributed by atoms with Crippen molar-refractivity contribution < 1.29 is 18.0 Å².